The molecule has 0 saturated carbocycles. The lowest BCUT2D eigenvalue weighted by Crippen LogP contribution is -2.29. The molecule has 0 bridgehead atoms. The van der Waals surface area contributed by atoms with Crippen molar-refractivity contribution in [2.75, 3.05) is 20.7 Å². The molecule has 6 heteroatoms. The quantitative estimate of drug-likeness (QED) is 0.821. The lowest BCUT2D eigenvalue weighted by Gasteiger charge is -2.18. The van der Waals surface area contributed by atoms with Crippen LogP contribution in [0.2, 0.25) is 0 Å². The summed E-state index contributed by atoms with van der Waals surface area (Å²) in [6, 6.07) is 12.3. The normalized spacial score (nSPS) is 11.6. The van der Waals surface area contributed by atoms with Gasteiger partial charge < -0.3 is 4.74 Å². The average molecular weight is 323 g/mol. The minimum Gasteiger partial charge on any atom is -0.496 e. The zero-order valence-electron chi connectivity index (χ0n) is 12.5. The zero-order valence-corrected chi connectivity index (χ0v) is 13.3. The zero-order chi connectivity index (χ0) is 16.2. The molecule has 2 aromatic carbocycles. The van der Waals surface area contributed by atoms with Crippen molar-refractivity contribution in [2.24, 2.45) is 0 Å². The van der Waals surface area contributed by atoms with E-state index in [9.17, 15) is 12.8 Å². The molecule has 0 amide bonds. The highest BCUT2D eigenvalue weighted by Crippen LogP contribution is 2.20. The molecule has 0 aliphatic carbocycles. The van der Waals surface area contributed by atoms with Crippen LogP contribution in [-0.2, 0) is 16.4 Å². The molecule has 0 saturated heterocycles. The molecule has 22 heavy (non-hydrogen) atoms. The molecule has 0 unspecified atom stereocenters. The van der Waals surface area contributed by atoms with Crippen molar-refractivity contribution < 1.29 is 17.5 Å². The van der Waals surface area contributed by atoms with Crippen LogP contribution in [0.5, 0.6) is 5.75 Å². The maximum Gasteiger partial charge on any atom is 0.242 e. The first kappa shape index (κ1) is 16.5. The highest BCUT2D eigenvalue weighted by atomic mass is 32.2. The van der Waals surface area contributed by atoms with Crippen LogP contribution in [0.1, 0.15) is 5.56 Å². The maximum atomic E-state index is 12.9. The number of nitrogens with zero attached hydrogens (tertiary/aromatic N) is 1. The predicted molar refractivity (Wildman–Crippen MR) is 82.9 cm³/mol. The minimum atomic E-state index is -3.62. The van der Waals surface area contributed by atoms with Gasteiger partial charge in [0.1, 0.15) is 11.6 Å². The molecule has 2 aromatic rings. The molecule has 0 atom stereocenters. The maximum absolute atomic E-state index is 12.9. The number of benzene rings is 2. The molecule has 0 spiro atoms. The Labute approximate surface area is 130 Å². The first-order valence-electron chi connectivity index (χ1n) is 6.79. The lowest BCUT2D eigenvalue weighted by molar-refractivity contribution is 0.406. The van der Waals surface area contributed by atoms with Crippen molar-refractivity contribution in [2.45, 2.75) is 11.3 Å². The average Bonchev–Trinajstić information content (AvgIpc) is 2.53. The Morgan fingerprint density at radius 2 is 1.73 bits per heavy atom. The van der Waals surface area contributed by atoms with Crippen LogP contribution in [-0.4, -0.2) is 33.4 Å². The Balaban J connectivity index is 2.11. The van der Waals surface area contributed by atoms with Gasteiger partial charge in [0.15, 0.2) is 0 Å². The fraction of sp³-hybridized carbons (Fsp3) is 0.250. The third-order valence-corrected chi connectivity index (χ3v) is 5.28. The summed E-state index contributed by atoms with van der Waals surface area (Å²) in [5, 5.41) is 0. The molecular weight excluding hydrogens is 305 g/mol. The number of para-hydroxylation sites is 1. The van der Waals surface area contributed by atoms with E-state index in [1.807, 2.05) is 24.3 Å². The molecule has 0 aromatic heterocycles. The summed E-state index contributed by atoms with van der Waals surface area (Å²) in [5.74, 6) is 0.269. The number of hydrogen-bond acceptors (Lipinski definition) is 3. The van der Waals surface area contributed by atoms with Crippen molar-refractivity contribution in [1.29, 1.82) is 0 Å². The van der Waals surface area contributed by atoms with E-state index in [2.05, 4.69) is 0 Å². The summed E-state index contributed by atoms with van der Waals surface area (Å²) in [4.78, 5) is 0.0800. The Morgan fingerprint density at radius 3 is 2.36 bits per heavy atom. The Kier molecular flexibility index (Phi) is 5.15. The van der Waals surface area contributed by atoms with E-state index < -0.39 is 15.8 Å². The highest BCUT2D eigenvalue weighted by molar-refractivity contribution is 7.89. The van der Waals surface area contributed by atoms with Crippen LogP contribution in [0.4, 0.5) is 4.39 Å². The Bertz CT molecular complexity index is 729. The second kappa shape index (κ2) is 6.89. The number of likely N-dealkylation sites (N-methyl/N-ethyl adjacent to an activating group) is 1. The van der Waals surface area contributed by atoms with Gasteiger partial charge in [0, 0.05) is 13.6 Å². The van der Waals surface area contributed by atoms with E-state index in [1.54, 1.807) is 7.11 Å². The van der Waals surface area contributed by atoms with Crippen molar-refractivity contribution in [3.63, 3.8) is 0 Å². The van der Waals surface area contributed by atoms with Gasteiger partial charge in [0.05, 0.1) is 12.0 Å². The predicted octanol–water partition coefficient (Wildman–Crippen LogP) is 2.70. The largest absolute Gasteiger partial charge is 0.496 e. The Hall–Kier alpha value is -1.92. The summed E-state index contributed by atoms with van der Waals surface area (Å²) in [6.07, 6.45) is 0.529. The van der Waals surface area contributed by atoms with E-state index >= 15 is 0 Å². The molecule has 118 valence electrons. The first-order chi connectivity index (χ1) is 10.4. The Morgan fingerprint density at radius 1 is 1.09 bits per heavy atom. The van der Waals surface area contributed by atoms with Gasteiger partial charge in [-0.1, -0.05) is 18.2 Å². The fourth-order valence-corrected chi connectivity index (χ4v) is 3.27. The van der Waals surface area contributed by atoms with Crippen LogP contribution in [0.25, 0.3) is 0 Å². The molecular formula is C16H18FNO3S. The van der Waals surface area contributed by atoms with Crippen LogP contribution >= 0.6 is 0 Å². The SMILES string of the molecule is COc1ccccc1CCN(C)S(=O)(=O)c1ccc(F)cc1. The first-order valence-corrected chi connectivity index (χ1v) is 8.23. The standard InChI is InChI=1S/C16H18FNO3S/c1-18(12-11-13-5-3-4-6-16(13)21-2)22(19,20)15-9-7-14(17)8-10-15/h3-10H,11-12H2,1-2H3. The van der Waals surface area contributed by atoms with Gasteiger partial charge in [-0.3, -0.25) is 0 Å². The van der Waals surface area contributed by atoms with Crippen molar-refractivity contribution >= 4 is 10.0 Å². The molecule has 4 nitrogen and oxygen atoms in total. The van der Waals surface area contributed by atoms with Gasteiger partial charge in [-0.15, -0.1) is 0 Å². The number of rotatable bonds is 6. The number of hydrogen-bond donors (Lipinski definition) is 0. The summed E-state index contributed by atoms with van der Waals surface area (Å²) in [5.41, 5.74) is 0.936. The second-order valence-corrected chi connectivity index (χ2v) is 6.89. The highest BCUT2D eigenvalue weighted by Gasteiger charge is 2.20. The smallest absolute Gasteiger partial charge is 0.242 e. The molecule has 2 rings (SSSR count). The topological polar surface area (TPSA) is 46.6 Å². The summed E-state index contributed by atoms with van der Waals surface area (Å²) in [6.45, 7) is 0.306. The van der Waals surface area contributed by atoms with Crippen molar-refractivity contribution in [3.8, 4) is 5.75 Å². The molecule has 0 N–H and O–H groups in total. The van der Waals surface area contributed by atoms with Crippen molar-refractivity contribution in [1.82, 2.24) is 4.31 Å². The number of halogens is 1. The number of sulfonamides is 1. The lowest BCUT2D eigenvalue weighted by atomic mass is 10.1. The van der Waals surface area contributed by atoms with Gasteiger partial charge >= 0.3 is 0 Å². The third kappa shape index (κ3) is 3.64. The third-order valence-electron chi connectivity index (χ3n) is 3.41. The van der Waals surface area contributed by atoms with E-state index in [0.29, 0.717) is 13.0 Å². The second-order valence-electron chi connectivity index (χ2n) is 4.84. The minimum absolute atomic E-state index is 0.0800. The summed E-state index contributed by atoms with van der Waals surface area (Å²) >= 11 is 0. The molecule has 0 heterocycles. The van der Waals surface area contributed by atoms with Crippen LogP contribution in [0, 0.1) is 5.82 Å². The molecule has 0 aliphatic heterocycles. The van der Waals surface area contributed by atoms with Gasteiger partial charge in [-0.25, -0.2) is 17.1 Å². The summed E-state index contributed by atoms with van der Waals surface area (Å²) in [7, 11) is -0.530. The van der Waals surface area contributed by atoms with Crippen LogP contribution < -0.4 is 4.74 Å². The number of ether oxygens (including phenoxy) is 1. The van der Waals surface area contributed by atoms with Crippen LogP contribution in [0.15, 0.2) is 53.4 Å². The fourth-order valence-electron chi connectivity index (χ4n) is 2.09. The van der Waals surface area contributed by atoms with Crippen molar-refractivity contribution in [3.05, 3.63) is 59.9 Å². The van der Waals surface area contributed by atoms with E-state index in [1.165, 1.54) is 23.5 Å². The monoisotopic (exact) mass is 323 g/mol. The molecule has 0 aliphatic rings. The van der Waals surface area contributed by atoms with Crippen LogP contribution in [0.3, 0.4) is 0 Å². The van der Waals surface area contributed by atoms with Gasteiger partial charge in [0.25, 0.3) is 0 Å². The molecule has 0 radical (unpaired) electrons. The van der Waals surface area contributed by atoms with E-state index in [-0.39, 0.29) is 4.90 Å². The van der Waals surface area contributed by atoms with E-state index in [4.69, 9.17) is 4.74 Å². The van der Waals surface area contributed by atoms with Gasteiger partial charge in [0.2, 0.25) is 10.0 Å². The van der Waals surface area contributed by atoms with Gasteiger partial charge in [-0.2, -0.15) is 0 Å². The van der Waals surface area contributed by atoms with Gasteiger partial charge in [-0.05, 0) is 42.3 Å². The van der Waals surface area contributed by atoms with E-state index in [0.717, 1.165) is 23.4 Å². The summed E-state index contributed by atoms with van der Waals surface area (Å²) < 4.78 is 44.2. The number of methoxy groups -OCH3 is 1. The molecule has 0 fully saturated rings.